The van der Waals surface area contributed by atoms with Gasteiger partial charge in [0.2, 0.25) is 0 Å². The van der Waals surface area contributed by atoms with Gasteiger partial charge in [0.15, 0.2) is 0 Å². The number of hydrogen-bond donors (Lipinski definition) is 2. The molecule has 1 aliphatic heterocycles. The lowest BCUT2D eigenvalue weighted by atomic mass is 10.2. The van der Waals surface area contributed by atoms with Crippen molar-refractivity contribution in [3.8, 4) is 5.75 Å². The maximum absolute atomic E-state index is 13.2. The molecule has 0 spiro atoms. The Balaban J connectivity index is 1.88. The standard InChI is InChI=1S/C16H15N3O4S/c1-10-9-23-15-5-3-2-4-14(15)19(10)24(21,22)11-6-7-12-13(8-11)18-16(20)17-12/h2-8,10H,9H2,1H3,(H2,17,18,20). The maximum Gasteiger partial charge on any atom is 0.323 e. The molecular weight excluding hydrogens is 330 g/mol. The summed E-state index contributed by atoms with van der Waals surface area (Å²) < 4.78 is 33.3. The third-order valence-electron chi connectivity index (χ3n) is 4.03. The van der Waals surface area contributed by atoms with Crippen LogP contribution in [0.1, 0.15) is 6.92 Å². The van der Waals surface area contributed by atoms with Gasteiger partial charge in [-0.3, -0.25) is 4.31 Å². The van der Waals surface area contributed by atoms with Crippen molar-refractivity contribution in [2.24, 2.45) is 0 Å². The zero-order valence-corrected chi connectivity index (χ0v) is 13.6. The molecule has 0 bridgehead atoms. The van der Waals surface area contributed by atoms with Crippen LogP contribution >= 0.6 is 0 Å². The second-order valence-electron chi connectivity index (χ2n) is 5.72. The average molecular weight is 345 g/mol. The van der Waals surface area contributed by atoms with Gasteiger partial charge in [-0.1, -0.05) is 12.1 Å². The number of ether oxygens (including phenoxy) is 1. The summed E-state index contributed by atoms with van der Waals surface area (Å²) in [5, 5.41) is 0. The van der Waals surface area contributed by atoms with Crippen LogP contribution < -0.4 is 14.7 Å². The molecule has 2 N–H and O–H groups in total. The first-order valence-electron chi connectivity index (χ1n) is 7.45. The smallest absolute Gasteiger partial charge is 0.323 e. The number of nitrogens with zero attached hydrogens (tertiary/aromatic N) is 1. The van der Waals surface area contributed by atoms with Crippen LogP contribution in [-0.4, -0.2) is 31.0 Å². The second-order valence-corrected chi connectivity index (χ2v) is 7.53. The summed E-state index contributed by atoms with van der Waals surface area (Å²) >= 11 is 0. The Morgan fingerprint density at radius 2 is 1.88 bits per heavy atom. The largest absolute Gasteiger partial charge is 0.489 e. The zero-order chi connectivity index (χ0) is 16.9. The van der Waals surface area contributed by atoms with E-state index in [4.69, 9.17) is 4.74 Å². The topological polar surface area (TPSA) is 95.3 Å². The minimum absolute atomic E-state index is 0.119. The molecule has 1 unspecified atom stereocenters. The van der Waals surface area contributed by atoms with E-state index in [1.54, 1.807) is 37.3 Å². The molecule has 0 fully saturated rings. The summed E-state index contributed by atoms with van der Waals surface area (Å²) in [5.41, 5.74) is 1.16. The molecule has 1 atom stereocenters. The van der Waals surface area contributed by atoms with E-state index in [0.717, 1.165) is 0 Å². The quantitative estimate of drug-likeness (QED) is 0.741. The van der Waals surface area contributed by atoms with Gasteiger partial charge in [-0.25, -0.2) is 13.2 Å². The van der Waals surface area contributed by atoms with Crippen molar-refractivity contribution in [3.63, 3.8) is 0 Å². The van der Waals surface area contributed by atoms with Crippen LogP contribution in [0.3, 0.4) is 0 Å². The lowest BCUT2D eigenvalue weighted by molar-refractivity contribution is 0.281. The van der Waals surface area contributed by atoms with E-state index >= 15 is 0 Å². The van der Waals surface area contributed by atoms with Crippen LogP contribution in [0.15, 0.2) is 52.2 Å². The molecule has 2 heterocycles. The SMILES string of the molecule is CC1COc2ccccc2N1S(=O)(=O)c1ccc2[nH]c(=O)[nH]c2c1. The first-order chi connectivity index (χ1) is 11.5. The van der Waals surface area contributed by atoms with E-state index in [2.05, 4.69) is 9.97 Å². The summed E-state index contributed by atoms with van der Waals surface area (Å²) in [7, 11) is -3.79. The molecule has 0 saturated heterocycles. The minimum Gasteiger partial charge on any atom is -0.489 e. The van der Waals surface area contributed by atoms with Crippen molar-refractivity contribution >= 4 is 26.7 Å². The fourth-order valence-corrected chi connectivity index (χ4v) is 4.61. The van der Waals surface area contributed by atoms with Gasteiger partial charge in [0, 0.05) is 0 Å². The average Bonchev–Trinajstić information content (AvgIpc) is 2.93. The highest BCUT2D eigenvalue weighted by molar-refractivity contribution is 7.92. The van der Waals surface area contributed by atoms with E-state index in [-0.39, 0.29) is 23.2 Å². The Hall–Kier alpha value is -2.74. The van der Waals surface area contributed by atoms with Gasteiger partial charge in [-0.15, -0.1) is 0 Å². The highest BCUT2D eigenvalue weighted by Crippen LogP contribution is 2.37. The number of rotatable bonds is 2. The third-order valence-corrected chi connectivity index (χ3v) is 5.95. The molecule has 4 rings (SSSR count). The number of imidazole rings is 1. The van der Waals surface area contributed by atoms with Gasteiger partial charge >= 0.3 is 5.69 Å². The summed E-state index contributed by atoms with van der Waals surface area (Å²) in [4.78, 5) is 16.7. The molecular formula is C16H15N3O4S. The molecule has 2 aromatic carbocycles. The fourth-order valence-electron chi connectivity index (χ4n) is 2.93. The Morgan fingerprint density at radius 3 is 2.71 bits per heavy atom. The molecule has 124 valence electrons. The summed E-state index contributed by atoms with van der Waals surface area (Å²) in [6, 6.07) is 11.2. The Bertz CT molecular complexity index is 1080. The monoisotopic (exact) mass is 345 g/mol. The number of para-hydroxylation sites is 2. The van der Waals surface area contributed by atoms with Gasteiger partial charge in [0.25, 0.3) is 10.0 Å². The van der Waals surface area contributed by atoms with Crippen LogP contribution in [0, 0.1) is 0 Å². The predicted octanol–water partition coefficient (Wildman–Crippen LogP) is 1.83. The van der Waals surface area contributed by atoms with Crippen LogP contribution in [0.25, 0.3) is 11.0 Å². The van der Waals surface area contributed by atoms with Crippen LogP contribution in [-0.2, 0) is 10.0 Å². The van der Waals surface area contributed by atoms with Crippen molar-refractivity contribution in [1.29, 1.82) is 0 Å². The number of sulfonamides is 1. The molecule has 0 aliphatic carbocycles. The number of benzene rings is 2. The van der Waals surface area contributed by atoms with E-state index in [1.165, 1.54) is 16.4 Å². The summed E-state index contributed by atoms with van der Waals surface area (Å²) in [6.45, 7) is 2.07. The molecule has 8 heteroatoms. The third kappa shape index (κ3) is 2.18. The van der Waals surface area contributed by atoms with E-state index in [9.17, 15) is 13.2 Å². The summed E-state index contributed by atoms with van der Waals surface area (Å²) in [6.07, 6.45) is 0. The molecule has 24 heavy (non-hydrogen) atoms. The second kappa shape index (κ2) is 5.13. The van der Waals surface area contributed by atoms with Gasteiger partial charge in [0.1, 0.15) is 12.4 Å². The minimum atomic E-state index is -3.79. The Kier molecular flexibility index (Phi) is 3.17. The molecule has 1 aromatic heterocycles. The lowest BCUT2D eigenvalue weighted by Gasteiger charge is -2.35. The highest BCUT2D eigenvalue weighted by Gasteiger charge is 2.34. The number of nitrogens with one attached hydrogen (secondary N) is 2. The fraction of sp³-hybridized carbons (Fsp3) is 0.188. The summed E-state index contributed by atoms with van der Waals surface area (Å²) in [5.74, 6) is 0.537. The number of aromatic amines is 2. The van der Waals surface area contributed by atoms with E-state index < -0.39 is 10.0 Å². The Morgan fingerprint density at radius 1 is 1.12 bits per heavy atom. The normalized spacial score (nSPS) is 17.5. The molecule has 0 radical (unpaired) electrons. The molecule has 0 amide bonds. The molecule has 1 aliphatic rings. The number of hydrogen-bond acceptors (Lipinski definition) is 4. The van der Waals surface area contributed by atoms with Gasteiger partial charge in [-0.05, 0) is 37.3 Å². The molecule has 0 saturated carbocycles. The number of aromatic nitrogens is 2. The van der Waals surface area contributed by atoms with Gasteiger partial charge in [0.05, 0.1) is 27.7 Å². The van der Waals surface area contributed by atoms with Crippen molar-refractivity contribution in [3.05, 3.63) is 52.9 Å². The predicted molar refractivity (Wildman–Crippen MR) is 90.0 cm³/mol. The van der Waals surface area contributed by atoms with Crippen LogP contribution in [0.4, 0.5) is 5.69 Å². The zero-order valence-electron chi connectivity index (χ0n) is 12.8. The lowest BCUT2D eigenvalue weighted by Crippen LogP contribution is -2.44. The van der Waals surface area contributed by atoms with Crippen molar-refractivity contribution in [1.82, 2.24) is 9.97 Å². The van der Waals surface area contributed by atoms with Crippen molar-refractivity contribution < 1.29 is 13.2 Å². The van der Waals surface area contributed by atoms with Gasteiger partial charge < -0.3 is 14.7 Å². The van der Waals surface area contributed by atoms with E-state index in [0.29, 0.717) is 22.5 Å². The maximum atomic E-state index is 13.2. The number of fused-ring (bicyclic) bond motifs is 2. The van der Waals surface area contributed by atoms with Crippen molar-refractivity contribution in [2.75, 3.05) is 10.9 Å². The van der Waals surface area contributed by atoms with Crippen LogP contribution in [0.5, 0.6) is 5.75 Å². The first kappa shape index (κ1) is 14.8. The number of anilines is 1. The van der Waals surface area contributed by atoms with E-state index in [1.807, 2.05) is 0 Å². The molecule has 3 aromatic rings. The number of H-pyrrole nitrogens is 2. The van der Waals surface area contributed by atoms with Gasteiger partial charge in [-0.2, -0.15) is 0 Å². The molecule has 7 nitrogen and oxygen atoms in total. The first-order valence-corrected chi connectivity index (χ1v) is 8.89. The Labute approximate surface area is 137 Å². The highest BCUT2D eigenvalue weighted by atomic mass is 32.2. The van der Waals surface area contributed by atoms with Crippen molar-refractivity contribution in [2.45, 2.75) is 17.9 Å². The van der Waals surface area contributed by atoms with Crippen LogP contribution in [0.2, 0.25) is 0 Å².